The Morgan fingerprint density at radius 1 is 1.21 bits per heavy atom. The Labute approximate surface area is 173 Å². The van der Waals surface area contributed by atoms with Crippen LogP contribution >= 0.6 is 23.1 Å². The second kappa shape index (κ2) is 8.75. The van der Waals surface area contributed by atoms with Gasteiger partial charge in [-0.2, -0.15) is 0 Å². The number of carbonyl (C=O) groups is 1. The number of aliphatic carboxylic acids is 1. The molecular formula is C21H23N3O2S2. The quantitative estimate of drug-likeness (QED) is 0.499. The highest BCUT2D eigenvalue weighted by Crippen LogP contribution is 2.34. The van der Waals surface area contributed by atoms with Crippen LogP contribution in [0.3, 0.4) is 0 Å². The summed E-state index contributed by atoms with van der Waals surface area (Å²) in [4.78, 5) is 20.3. The molecule has 0 amide bonds. The van der Waals surface area contributed by atoms with E-state index in [0.29, 0.717) is 0 Å². The minimum absolute atomic E-state index is 0.738. The second-order valence-corrected chi connectivity index (χ2v) is 9.73. The summed E-state index contributed by atoms with van der Waals surface area (Å²) in [5.74, 6) is -0.836. The van der Waals surface area contributed by atoms with Gasteiger partial charge in [0.25, 0.3) is 0 Å². The van der Waals surface area contributed by atoms with Crippen molar-refractivity contribution in [2.45, 2.75) is 36.3 Å². The molecule has 0 saturated carbocycles. The molecule has 2 aromatic heterocycles. The number of hydrogen-bond donors (Lipinski definition) is 2. The van der Waals surface area contributed by atoms with Gasteiger partial charge < -0.3 is 10.4 Å². The normalized spacial score (nSPS) is 11.4. The number of hydrogen-bond acceptors (Lipinski definition) is 6. The Morgan fingerprint density at radius 3 is 2.61 bits per heavy atom. The summed E-state index contributed by atoms with van der Waals surface area (Å²) in [6.07, 6.45) is 2.61. The largest absolute Gasteiger partial charge is 0.480 e. The van der Waals surface area contributed by atoms with Crippen LogP contribution in [0.25, 0.3) is 11.3 Å². The van der Waals surface area contributed by atoms with Crippen LogP contribution in [0.2, 0.25) is 0 Å². The Kier molecular flexibility index (Phi) is 6.36. The van der Waals surface area contributed by atoms with Crippen LogP contribution in [0, 0.1) is 6.92 Å². The number of pyridine rings is 1. The summed E-state index contributed by atoms with van der Waals surface area (Å²) in [5, 5.41) is 14.6. The van der Waals surface area contributed by atoms with Gasteiger partial charge in [0.05, 0.1) is 23.3 Å². The molecule has 2 N–H and O–H groups in total. The molecule has 3 aromatic rings. The zero-order valence-corrected chi connectivity index (χ0v) is 17.7. The van der Waals surface area contributed by atoms with Crippen molar-refractivity contribution in [2.24, 2.45) is 0 Å². The number of rotatable bonds is 8. The van der Waals surface area contributed by atoms with E-state index >= 15 is 0 Å². The van der Waals surface area contributed by atoms with Gasteiger partial charge in [-0.25, -0.2) is 4.98 Å². The highest BCUT2D eigenvalue weighted by molar-refractivity contribution is 8.02. The van der Waals surface area contributed by atoms with Crippen molar-refractivity contribution in [2.75, 3.05) is 11.9 Å². The summed E-state index contributed by atoms with van der Waals surface area (Å²) < 4.78 is -0.0929. The second-order valence-electron chi connectivity index (χ2n) is 7.00. The van der Waals surface area contributed by atoms with Gasteiger partial charge in [0.2, 0.25) is 0 Å². The number of benzene rings is 1. The molecule has 0 bridgehead atoms. The number of thiazole rings is 1. The predicted molar refractivity (Wildman–Crippen MR) is 116 cm³/mol. The molecule has 0 atom stereocenters. The van der Waals surface area contributed by atoms with Crippen LogP contribution in [-0.4, -0.2) is 32.3 Å². The number of aryl methyl sites for hydroxylation is 1. The molecule has 0 radical (unpaired) electrons. The molecule has 28 heavy (non-hydrogen) atoms. The van der Waals surface area contributed by atoms with Crippen molar-refractivity contribution in [1.82, 2.24) is 9.97 Å². The summed E-state index contributed by atoms with van der Waals surface area (Å²) in [7, 11) is 0. The van der Waals surface area contributed by atoms with E-state index in [1.807, 2.05) is 23.7 Å². The number of nitrogens with zero attached hydrogens (tertiary/aromatic N) is 2. The monoisotopic (exact) mass is 413 g/mol. The van der Waals surface area contributed by atoms with E-state index in [-0.39, 0.29) is 0 Å². The highest BCUT2D eigenvalue weighted by Gasteiger charge is 2.29. The lowest BCUT2D eigenvalue weighted by molar-refractivity contribution is -0.138. The number of carboxylic acids is 1. The third-order valence-electron chi connectivity index (χ3n) is 4.21. The van der Waals surface area contributed by atoms with Crippen molar-refractivity contribution in [3.05, 3.63) is 59.2 Å². The Morgan fingerprint density at radius 2 is 1.96 bits per heavy atom. The van der Waals surface area contributed by atoms with Gasteiger partial charge in [-0.05, 0) is 32.9 Å². The fraction of sp³-hybridized carbons (Fsp3) is 0.286. The minimum atomic E-state index is -0.877. The lowest BCUT2D eigenvalue weighted by Gasteiger charge is -2.15. The molecule has 0 unspecified atom stereocenters. The molecule has 0 aliphatic rings. The Bertz CT molecular complexity index is 935. The summed E-state index contributed by atoms with van der Waals surface area (Å²) in [6, 6.07) is 12.4. The van der Waals surface area contributed by atoms with Crippen LogP contribution in [0.5, 0.6) is 0 Å². The number of aromatic nitrogens is 2. The van der Waals surface area contributed by atoms with Crippen molar-refractivity contribution in [3.63, 3.8) is 0 Å². The number of nitrogens with one attached hydrogen (secondary N) is 1. The maximum absolute atomic E-state index is 11.2. The van der Waals surface area contributed by atoms with E-state index in [2.05, 4.69) is 46.5 Å². The van der Waals surface area contributed by atoms with Crippen molar-refractivity contribution >= 4 is 34.8 Å². The van der Waals surface area contributed by atoms with E-state index < -0.39 is 10.7 Å². The highest BCUT2D eigenvalue weighted by atomic mass is 32.2. The maximum atomic E-state index is 11.2. The first-order chi connectivity index (χ1) is 13.3. The summed E-state index contributed by atoms with van der Waals surface area (Å²) in [6.45, 7) is 6.19. The first kappa shape index (κ1) is 20.4. The SMILES string of the molecule is Cc1ccc(-c2ccc(NCCc3csc(SC(C)(C)C(=O)O)n3)cn2)cc1. The van der Waals surface area contributed by atoms with E-state index in [1.54, 1.807) is 13.8 Å². The first-order valence-electron chi connectivity index (χ1n) is 8.97. The third kappa shape index (κ3) is 5.33. The van der Waals surface area contributed by atoms with Gasteiger partial charge in [-0.3, -0.25) is 9.78 Å². The van der Waals surface area contributed by atoms with Crippen LogP contribution in [-0.2, 0) is 11.2 Å². The molecule has 0 spiro atoms. The van der Waals surface area contributed by atoms with Crippen molar-refractivity contribution < 1.29 is 9.90 Å². The maximum Gasteiger partial charge on any atom is 0.319 e. The Hall–Kier alpha value is -2.38. The summed E-state index contributed by atoms with van der Waals surface area (Å²) >= 11 is 2.77. The van der Waals surface area contributed by atoms with Gasteiger partial charge in [0, 0.05) is 23.9 Å². The van der Waals surface area contributed by atoms with Crippen LogP contribution in [0.15, 0.2) is 52.3 Å². The topological polar surface area (TPSA) is 75.1 Å². The van der Waals surface area contributed by atoms with Gasteiger partial charge in [0.15, 0.2) is 4.34 Å². The third-order valence-corrected chi connectivity index (χ3v) is 6.38. The predicted octanol–water partition coefficient (Wildman–Crippen LogP) is 5.12. The standard InChI is InChI=1S/C21H23N3O2S2/c1-14-4-6-15(7-5-14)18-9-8-16(12-23-18)22-11-10-17-13-27-20(24-17)28-21(2,3)19(25)26/h4-9,12-13,22H,10-11H2,1-3H3,(H,25,26). The van der Waals surface area contributed by atoms with Gasteiger partial charge in [-0.15, -0.1) is 11.3 Å². The molecule has 7 heteroatoms. The molecule has 0 fully saturated rings. The molecule has 0 aliphatic carbocycles. The molecule has 5 nitrogen and oxygen atoms in total. The van der Waals surface area contributed by atoms with Crippen LogP contribution < -0.4 is 5.32 Å². The summed E-state index contributed by atoms with van der Waals surface area (Å²) in [5.41, 5.74) is 5.22. The average molecular weight is 414 g/mol. The van der Waals surface area contributed by atoms with E-state index in [9.17, 15) is 9.90 Å². The molecule has 0 aliphatic heterocycles. The van der Waals surface area contributed by atoms with Crippen molar-refractivity contribution in [3.8, 4) is 11.3 Å². The zero-order valence-electron chi connectivity index (χ0n) is 16.1. The molecular weight excluding hydrogens is 390 g/mol. The van der Waals surface area contributed by atoms with Crippen LogP contribution in [0.4, 0.5) is 5.69 Å². The number of anilines is 1. The van der Waals surface area contributed by atoms with E-state index in [4.69, 9.17) is 0 Å². The molecule has 1 aromatic carbocycles. The van der Waals surface area contributed by atoms with Crippen molar-refractivity contribution in [1.29, 1.82) is 0 Å². The molecule has 0 saturated heterocycles. The van der Waals surface area contributed by atoms with E-state index in [0.717, 1.165) is 39.9 Å². The number of thioether (sulfide) groups is 1. The molecule has 3 rings (SSSR count). The minimum Gasteiger partial charge on any atom is -0.480 e. The van der Waals surface area contributed by atoms with Gasteiger partial charge in [0.1, 0.15) is 4.75 Å². The first-order valence-corrected chi connectivity index (χ1v) is 10.7. The van der Waals surface area contributed by atoms with Crippen LogP contribution in [0.1, 0.15) is 25.1 Å². The lowest BCUT2D eigenvalue weighted by atomic mass is 10.1. The molecule has 2 heterocycles. The number of carboxylic acid groups (broad SMARTS) is 1. The fourth-order valence-corrected chi connectivity index (χ4v) is 4.67. The smallest absolute Gasteiger partial charge is 0.319 e. The average Bonchev–Trinajstić information content (AvgIpc) is 3.09. The fourth-order valence-electron chi connectivity index (χ4n) is 2.44. The zero-order chi connectivity index (χ0) is 20.1. The Balaban J connectivity index is 1.51. The molecule has 146 valence electrons. The van der Waals surface area contributed by atoms with E-state index in [1.165, 1.54) is 28.7 Å². The van der Waals surface area contributed by atoms with Gasteiger partial charge >= 0.3 is 5.97 Å². The van der Waals surface area contributed by atoms with Gasteiger partial charge in [-0.1, -0.05) is 41.6 Å². The lowest BCUT2D eigenvalue weighted by Crippen LogP contribution is -2.26.